The van der Waals surface area contributed by atoms with Gasteiger partial charge in [0.25, 0.3) is 0 Å². The molecule has 0 spiro atoms. The molecule has 8 aromatic rings. The topological polar surface area (TPSA) is 200 Å². The van der Waals surface area contributed by atoms with Gasteiger partial charge in [0.2, 0.25) is 0 Å². The van der Waals surface area contributed by atoms with E-state index < -0.39 is 17.2 Å². The third-order valence-electron chi connectivity index (χ3n) is 10.4. The summed E-state index contributed by atoms with van der Waals surface area (Å²) in [6, 6.07) is 31.5. The number of benzene rings is 2. The maximum atomic E-state index is 12.8. The van der Waals surface area contributed by atoms with Crippen LogP contribution in [0.2, 0.25) is 0 Å². The average molecular weight is 1060 g/mol. The predicted molar refractivity (Wildman–Crippen MR) is 284 cm³/mol. The van der Waals surface area contributed by atoms with Crippen molar-refractivity contribution in [2.24, 2.45) is 0 Å². The molecule has 0 saturated heterocycles. The van der Waals surface area contributed by atoms with Gasteiger partial charge in [0, 0.05) is 85.2 Å². The fourth-order valence-electron chi connectivity index (χ4n) is 7.01. The number of nitrogens with zero attached hydrogens (tertiary/aromatic N) is 8. The van der Waals surface area contributed by atoms with E-state index in [1.54, 1.807) is 42.9 Å². The molecule has 1 N–H and O–H groups in total. The fraction of sp³-hybridized carbons (Fsp3) is 0.151. The maximum absolute atomic E-state index is 12.8. The maximum Gasteiger partial charge on any atom is 2.00 e. The number of anilines is 2. The first-order valence-corrected chi connectivity index (χ1v) is 22.4. The second-order valence-corrected chi connectivity index (χ2v) is 14.9. The number of carboxylic acid groups (broad SMARTS) is 1. The molecule has 0 atom stereocenters. The van der Waals surface area contributed by atoms with Crippen LogP contribution in [0.25, 0.3) is 79.8 Å². The van der Waals surface area contributed by atoms with Crippen molar-refractivity contribution in [2.45, 2.75) is 27.7 Å². The molecule has 0 unspecified atom stereocenters. The van der Waals surface area contributed by atoms with Crippen molar-refractivity contribution < 1.29 is 38.2 Å². The molecule has 0 aliphatic rings. The van der Waals surface area contributed by atoms with Gasteiger partial charge in [0.05, 0.1) is 39.5 Å². The molecule has 0 fully saturated rings. The van der Waals surface area contributed by atoms with E-state index >= 15 is 0 Å². The minimum atomic E-state index is -0.963. The number of aromatic carboxylic acids is 1. The summed E-state index contributed by atoms with van der Waals surface area (Å²) in [6.45, 7) is 11.9. The van der Waals surface area contributed by atoms with Crippen molar-refractivity contribution in [3.05, 3.63) is 187 Å². The largest absolute Gasteiger partial charge is 2.00 e. The van der Waals surface area contributed by atoms with Gasteiger partial charge in [-0.15, -0.1) is 0 Å². The molecule has 0 amide bonds. The Balaban J connectivity index is 0.000000403. The van der Waals surface area contributed by atoms with Gasteiger partial charge < -0.3 is 34.6 Å². The van der Waals surface area contributed by atoms with E-state index in [4.69, 9.17) is 24.8 Å². The minimum Gasteiger partial charge on any atom is -0.753 e. The number of rotatable bonds is 13. The van der Waals surface area contributed by atoms with Crippen LogP contribution in [0.1, 0.15) is 60.3 Å². The fourth-order valence-corrected chi connectivity index (χ4v) is 7.01. The number of hydrogen-bond donors (Lipinski definition) is 1. The summed E-state index contributed by atoms with van der Waals surface area (Å²) >= 11 is 7.40. The Hall–Kier alpha value is -7.77. The van der Waals surface area contributed by atoms with Gasteiger partial charge >= 0.3 is 36.7 Å². The molecule has 0 aliphatic heterocycles. The van der Waals surface area contributed by atoms with Crippen LogP contribution < -0.4 is 21.1 Å². The van der Waals surface area contributed by atoms with E-state index in [1.807, 2.05) is 91.0 Å². The van der Waals surface area contributed by atoms with Gasteiger partial charge in [-0.25, -0.2) is 14.4 Å². The monoisotopic (exact) mass is 1060 g/mol. The summed E-state index contributed by atoms with van der Waals surface area (Å²) in [4.78, 5) is 58.0. The van der Waals surface area contributed by atoms with Crippen molar-refractivity contribution in [2.75, 3.05) is 36.0 Å². The standard InChI is InChI=1S/C40H38N4O4.C11H8N2O2.2CNS.Ru/c1-5-43(6-2)33-15-13-29-23-31(39(45)47-37(29)25-33)11-9-27-17-19-41-35(21-27)36-22-28(18-20-42-36)10-12-32-24-30-14-16-34(44(7-3)8-4)26-38(30)48-40(32)46;14-11(15)8-4-6-13-10(7-8)9-3-1-2-5-12-9;2*2-1-3;/h9-26H,5-8H2,1-4H3;1-7H,(H,14,15);;;/q;;2*-1;+2/b11-9+,12-10+;;;;. The van der Waals surface area contributed by atoms with E-state index in [2.05, 4.69) is 81.9 Å². The van der Waals surface area contributed by atoms with E-state index in [1.165, 1.54) is 28.7 Å². The normalized spacial score (nSPS) is 10.3. The van der Waals surface area contributed by atoms with Crippen LogP contribution in [0.5, 0.6) is 0 Å². The molecule has 17 heteroatoms. The quantitative estimate of drug-likeness (QED) is 0.0495. The van der Waals surface area contributed by atoms with Crippen LogP contribution in [0.3, 0.4) is 0 Å². The number of carbonyl (C=O) groups is 1. The number of fused-ring (bicyclic) bond motifs is 2. The van der Waals surface area contributed by atoms with Crippen molar-refractivity contribution in [3.63, 3.8) is 0 Å². The Morgan fingerprint density at radius 1 is 0.571 bits per heavy atom. The number of pyridine rings is 4. The summed E-state index contributed by atoms with van der Waals surface area (Å²) < 4.78 is 11.4. The van der Waals surface area contributed by atoms with E-state index in [-0.39, 0.29) is 25.0 Å². The molecule has 0 aliphatic carbocycles. The Kier molecular flexibility index (Phi) is 21.9. The molecule has 8 rings (SSSR count). The van der Waals surface area contributed by atoms with Crippen LogP contribution in [0.15, 0.2) is 146 Å². The average Bonchev–Trinajstić information content (AvgIpc) is 3.37. The molecule has 70 heavy (non-hydrogen) atoms. The zero-order chi connectivity index (χ0) is 49.7. The second-order valence-electron chi connectivity index (χ2n) is 14.5. The van der Waals surface area contributed by atoms with Gasteiger partial charge in [-0.2, -0.15) is 10.3 Å². The molecule has 6 heterocycles. The number of carboxylic acids is 1. The van der Waals surface area contributed by atoms with Crippen molar-refractivity contribution >= 4 is 98.3 Å². The van der Waals surface area contributed by atoms with Crippen molar-refractivity contribution in [1.29, 1.82) is 0 Å². The zero-order valence-corrected chi connectivity index (χ0v) is 41.9. The Labute approximate surface area is 427 Å². The second kappa shape index (κ2) is 27.9. The smallest absolute Gasteiger partial charge is 0.753 e. The molecule has 0 radical (unpaired) electrons. The first-order valence-electron chi connectivity index (χ1n) is 21.6. The van der Waals surface area contributed by atoms with Gasteiger partial charge in [0.15, 0.2) is 0 Å². The summed E-state index contributed by atoms with van der Waals surface area (Å²) in [7, 11) is 0. The third kappa shape index (κ3) is 15.1. The third-order valence-corrected chi connectivity index (χ3v) is 10.4. The number of isothiocyanates is 2. The Bertz CT molecular complexity index is 3120. The van der Waals surface area contributed by atoms with Gasteiger partial charge in [0.1, 0.15) is 11.2 Å². The summed E-state index contributed by atoms with van der Waals surface area (Å²) in [5.41, 5.74) is 7.85. The molecule has 2 aromatic carbocycles. The van der Waals surface area contributed by atoms with Crippen LogP contribution in [-0.2, 0) is 19.5 Å². The molecule has 0 bridgehead atoms. The molecule has 14 nitrogen and oxygen atoms in total. The summed E-state index contributed by atoms with van der Waals surface area (Å²) in [6.07, 6.45) is 13.8. The first kappa shape index (κ1) is 54.8. The van der Waals surface area contributed by atoms with E-state index in [0.29, 0.717) is 45.1 Å². The minimum absolute atomic E-state index is 0. The number of hydrogen-bond acceptors (Lipinski definition) is 13. The summed E-state index contributed by atoms with van der Waals surface area (Å²) in [5.74, 6) is -0.963. The molecule has 354 valence electrons. The van der Waals surface area contributed by atoms with Crippen LogP contribution >= 0.6 is 24.4 Å². The summed E-state index contributed by atoms with van der Waals surface area (Å²) in [5, 5.41) is 27.5. The van der Waals surface area contributed by atoms with Crippen molar-refractivity contribution in [3.8, 4) is 22.8 Å². The van der Waals surface area contributed by atoms with Crippen LogP contribution in [-0.4, -0.2) is 67.5 Å². The predicted octanol–water partition coefficient (Wildman–Crippen LogP) is 11.5. The number of thiocarbonyl (C=S) groups is 2. The van der Waals surface area contributed by atoms with E-state index in [0.717, 1.165) is 59.5 Å². The first-order chi connectivity index (χ1) is 33.5. The molecular weight excluding hydrogens is 1010 g/mol. The number of aromatic nitrogens is 4. The zero-order valence-electron chi connectivity index (χ0n) is 38.5. The Morgan fingerprint density at radius 3 is 1.39 bits per heavy atom. The van der Waals surface area contributed by atoms with Gasteiger partial charge in [-0.3, -0.25) is 19.9 Å². The van der Waals surface area contributed by atoms with Crippen LogP contribution in [0.4, 0.5) is 11.4 Å². The van der Waals surface area contributed by atoms with E-state index in [9.17, 15) is 14.4 Å². The van der Waals surface area contributed by atoms with Gasteiger partial charge in [-0.05, 0) is 136 Å². The molecule has 0 saturated carbocycles. The Morgan fingerprint density at radius 2 is 0.986 bits per heavy atom. The van der Waals surface area contributed by atoms with Crippen LogP contribution in [0, 0.1) is 0 Å². The SMILES string of the molecule is CCN(CC)c1ccc2cc(/C=C/c3ccnc(-c4cc(/C=C/c5cc6ccc(N(CC)CC)cc6oc5=O)ccn4)c3)c(=O)oc2c1.O=C(O)c1ccnc(-c2ccccn2)c1.[N-]=C=S.[N-]=C=S.[Ru+2]. The molecular formula is C53H46N8O6RuS2. The van der Waals surface area contributed by atoms with Gasteiger partial charge in [-0.1, -0.05) is 42.7 Å². The molecule has 6 aromatic heterocycles. The van der Waals surface area contributed by atoms with Crippen molar-refractivity contribution in [1.82, 2.24) is 19.9 Å².